The Morgan fingerprint density at radius 2 is 2.18 bits per heavy atom. The van der Waals surface area contributed by atoms with Gasteiger partial charge >= 0.3 is 0 Å². The fourth-order valence-electron chi connectivity index (χ4n) is 1.61. The van der Waals surface area contributed by atoms with Gasteiger partial charge in [-0.3, -0.25) is 0 Å². The number of rotatable bonds is 3. The van der Waals surface area contributed by atoms with Crippen LogP contribution in [0.3, 0.4) is 0 Å². The van der Waals surface area contributed by atoms with Gasteiger partial charge in [-0.25, -0.2) is 4.98 Å². The Labute approximate surface area is 109 Å². The Bertz CT molecular complexity index is 526. The van der Waals surface area contributed by atoms with Crippen molar-refractivity contribution < 1.29 is 0 Å². The van der Waals surface area contributed by atoms with Crippen LogP contribution in [0.2, 0.25) is 0 Å². The minimum atomic E-state index is 0.690. The topological polar surface area (TPSA) is 50.9 Å². The summed E-state index contributed by atoms with van der Waals surface area (Å²) < 4.78 is 1.08. The summed E-state index contributed by atoms with van der Waals surface area (Å²) in [6, 6.07) is 10.1. The van der Waals surface area contributed by atoms with Gasteiger partial charge in [0, 0.05) is 11.0 Å². The highest BCUT2D eigenvalue weighted by Crippen LogP contribution is 2.16. The zero-order chi connectivity index (χ0) is 12.3. The van der Waals surface area contributed by atoms with E-state index in [9.17, 15) is 0 Å². The minimum absolute atomic E-state index is 0.690. The molecule has 2 aromatic rings. The summed E-state index contributed by atoms with van der Waals surface area (Å²) in [6.45, 7) is 2.74. The van der Waals surface area contributed by atoms with E-state index in [2.05, 4.69) is 38.4 Å². The van der Waals surface area contributed by atoms with Crippen molar-refractivity contribution in [3.05, 3.63) is 52.1 Å². The summed E-state index contributed by atoms with van der Waals surface area (Å²) in [4.78, 5) is 4.27. The zero-order valence-corrected chi connectivity index (χ0v) is 11.2. The summed E-state index contributed by atoms with van der Waals surface area (Å²) in [5, 5.41) is 3.30. The Morgan fingerprint density at radius 3 is 2.88 bits per heavy atom. The monoisotopic (exact) mass is 291 g/mol. The maximum absolute atomic E-state index is 5.66. The maximum atomic E-state index is 5.66. The smallest absolute Gasteiger partial charge is 0.129 e. The van der Waals surface area contributed by atoms with E-state index in [1.807, 2.05) is 25.1 Å². The average molecular weight is 292 g/mol. The first-order valence-corrected chi connectivity index (χ1v) is 6.15. The number of nitrogen functional groups attached to an aromatic ring is 1. The molecule has 0 atom stereocenters. The lowest BCUT2D eigenvalue weighted by molar-refractivity contribution is 1.10. The Balaban J connectivity index is 2.07. The third-order valence-electron chi connectivity index (χ3n) is 2.45. The highest BCUT2D eigenvalue weighted by Gasteiger charge is 2.00. The number of halogens is 1. The number of hydrogen-bond donors (Lipinski definition) is 2. The quantitative estimate of drug-likeness (QED) is 0.912. The molecule has 0 radical (unpaired) electrons. The van der Waals surface area contributed by atoms with Crippen molar-refractivity contribution in [1.29, 1.82) is 0 Å². The fourth-order valence-corrected chi connectivity index (χ4v) is 2.06. The summed E-state index contributed by atoms with van der Waals surface area (Å²) in [7, 11) is 0. The van der Waals surface area contributed by atoms with Crippen molar-refractivity contribution in [3.8, 4) is 0 Å². The Kier molecular flexibility index (Phi) is 3.64. The van der Waals surface area contributed by atoms with Crippen LogP contribution >= 0.6 is 15.9 Å². The molecule has 0 bridgehead atoms. The van der Waals surface area contributed by atoms with Gasteiger partial charge in [0.15, 0.2) is 0 Å². The van der Waals surface area contributed by atoms with Gasteiger partial charge in [0.05, 0.1) is 11.9 Å². The first-order chi connectivity index (χ1) is 8.15. The van der Waals surface area contributed by atoms with Crippen molar-refractivity contribution in [1.82, 2.24) is 4.98 Å². The first kappa shape index (κ1) is 11.9. The molecular formula is C13H14BrN3. The van der Waals surface area contributed by atoms with E-state index in [4.69, 9.17) is 5.73 Å². The number of aromatic nitrogens is 1. The van der Waals surface area contributed by atoms with Crippen molar-refractivity contribution in [2.45, 2.75) is 13.5 Å². The van der Waals surface area contributed by atoms with Crippen LogP contribution in [0, 0.1) is 6.92 Å². The van der Waals surface area contributed by atoms with E-state index < -0.39 is 0 Å². The lowest BCUT2D eigenvalue weighted by atomic mass is 10.2. The van der Waals surface area contributed by atoms with Crippen LogP contribution < -0.4 is 11.1 Å². The van der Waals surface area contributed by atoms with Gasteiger partial charge in [0.2, 0.25) is 0 Å². The molecule has 1 aromatic carbocycles. The molecule has 0 saturated heterocycles. The molecule has 0 aliphatic carbocycles. The van der Waals surface area contributed by atoms with Gasteiger partial charge < -0.3 is 11.1 Å². The van der Waals surface area contributed by atoms with E-state index in [-0.39, 0.29) is 0 Å². The summed E-state index contributed by atoms with van der Waals surface area (Å²) in [6.07, 6.45) is 1.66. The van der Waals surface area contributed by atoms with Crippen molar-refractivity contribution in [2.75, 3.05) is 11.1 Å². The number of nitrogens with zero attached hydrogens (tertiary/aromatic N) is 1. The SMILES string of the molecule is Cc1cc(N)cnc1NCc1cccc(Br)c1. The molecule has 3 N–H and O–H groups in total. The van der Waals surface area contributed by atoms with Gasteiger partial charge in [-0.1, -0.05) is 28.1 Å². The molecule has 0 amide bonds. The molecule has 4 heteroatoms. The van der Waals surface area contributed by atoms with Crippen LogP contribution in [0.1, 0.15) is 11.1 Å². The molecule has 88 valence electrons. The van der Waals surface area contributed by atoms with E-state index in [0.717, 1.165) is 22.4 Å². The van der Waals surface area contributed by atoms with Crippen molar-refractivity contribution in [2.24, 2.45) is 0 Å². The van der Waals surface area contributed by atoms with Crippen LogP contribution in [0.5, 0.6) is 0 Å². The Morgan fingerprint density at radius 1 is 1.35 bits per heavy atom. The second-order valence-corrected chi connectivity index (χ2v) is 4.83. The van der Waals surface area contributed by atoms with Crippen LogP contribution in [0.15, 0.2) is 41.0 Å². The van der Waals surface area contributed by atoms with Crippen LogP contribution in [0.4, 0.5) is 11.5 Å². The Hall–Kier alpha value is -1.55. The number of aryl methyl sites for hydroxylation is 1. The number of anilines is 2. The highest BCUT2D eigenvalue weighted by molar-refractivity contribution is 9.10. The molecule has 0 unspecified atom stereocenters. The fraction of sp³-hybridized carbons (Fsp3) is 0.154. The highest BCUT2D eigenvalue weighted by atomic mass is 79.9. The summed E-state index contributed by atoms with van der Waals surface area (Å²) in [5.74, 6) is 0.874. The zero-order valence-electron chi connectivity index (χ0n) is 9.57. The third kappa shape index (κ3) is 3.20. The van der Waals surface area contributed by atoms with E-state index in [1.165, 1.54) is 5.56 Å². The lowest BCUT2D eigenvalue weighted by Gasteiger charge is -2.09. The number of pyridine rings is 1. The number of nitrogens with one attached hydrogen (secondary N) is 1. The molecule has 0 fully saturated rings. The maximum Gasteiger partial charge on any atom is 0.129 e. The molecule has 0 aliphatic heterocycles. The second kappa shape index (κ2) is 5.19. The molecule has 2 rings (SSSR count). The molecule has 3 nitrogen and oxygen atoms in total. The average Bonchev–Trinajstić information content (AvgIpc) is 2.28. The minimum Gasteiger partial charge on any atom is -0.397 e. The van der Waals surface area contributed by atoms with E-state index >= 15 is 0 Å². The molecule has 17 heavy (non-hydrogen) atoms. The largest absolute Gasteiger partial charge is 0.397 e. The van der Waals surface area contributed by atoms with E-state index in [0.29, 0.717) is 5.69 Å². The van der Waals surface area contributed by atoms with Gasteiger partial charge in [0.1, 0.15) is 5.82 Å². The van der Waals surface area contributed by atoms with Gasteiger partial charge in [0.25, 0.3) is 0 Å². The van der Waals surface area contributed by atoms with Crippen LogP contribution in [0.25, 0.3) is 0 Å². The van der Waals surface area contributed by atoms with Gasteiger partial charge in [-0.15, -0.1) is 0 Å². The summed E-state index contributed by atoms with van der Waals surface area (Å²) >= 11 is 3.45. The normalized spacial score (nSPS) is 10.2. The van der Waals surface area contributed by atoms with E-state index in [1.54, 1.807) is 6.20 Å². The predicted octanol–water partition coefficient (Wildman–Crippen LogP) is 3.35. The standard InChI is InChI=1S/C13H14BrN3/c1-9-5-12(15)8-17-13(9)16-7-10-3-2-4-11(14)6-10/h2-6,8H,7,15H2,1H3,(H,16,17). The molecule has 1 heterocycles. The van der Waals surface area contributed by atoms with Crippen LogP contribution in [-0.2, 0) is 6.54 Å². The van der Waals surface area contributed by atoms with Crippen molar-refractivity contribution in [3.63, 3.8) is 0 Å². The molecule has 1 aromatic heterocycles. The number of hydrogen-bond acceptors (Lipinski definition) is 3. The second-order valence-electron chi connectivity index (χ2n) is 3.92. The molecular weight excluding hydrogens is 278 g/mol. The first-order valence-electron chi connectivity index (χ1n) is 5.35. The van der Waals surface area contributed by atoms with Gasteiger partial charge in [-0.2, -0.15) is 0 Å². The summed E-state index contributed by atoms with van der Waals surface area (Å²) in [5.41, 5.74) is 8.61. The molecule has 0 spiro atoms. The molecule has 0 saturated carbocycles. The number of nitrogens with two attached hydrogens (primary N) is 1. The van der Waals surface area contributed by atoms with Crippen LogP contribution in [-0.4, -0.2) is 4.98 Å². The third-order valence-corrected chi connectivity index (χ3v) is 2.94. The lowest BCUT2D eigenvalue weighted by Crippen LogP contribution is -2.03. The van der Waals surface area contributed by atoms with Gasteiger partial charge in [-0.05, 0) is 36.2 Å². The predicted molar refractivity (Wildman–Crippen MR) is 74.9 cm³/mol. The molecule has 0 aliphatic rings. The number of benzene rings is 1. The van der Waals surface area contributed by atoms with Crippen molar-refractivity contribution >= 4 is 27.4 Å².